The molecule has 0 aromatic heterocycles. The smallest absolute Gasteiger partial charge is 0 e. The molecule has 0 spiro atoms. The zero-order valence-electron chi connectivity index (χ0n) is 1.31. The summed E-state index contributed by atoms with van der Waals surface area (Å²) in [5, 5.41) is 0. The van der Waals surface area contributed by atoms with Crippen molar-refractivity contribution in [1.82, 2.24) is 0 Å². The van der Waals surface area contributed by atoms with Gasteiger partial charge in [-0.3, -0.25) is 0 Å². The summed E-state index contributed by atoms with van der Waals surface area (Å²) in [6.45, 7) is 0. The first kappa shape index (κ1) is 42.9. The molecule has 6 heavy (non-hydrogen) atoms. The summed E-state index contributed by atoms with van der Waals surface area (Å²) < 4.78 is 0. The first-order valence-electron chi connectivity index (χ1n) is 0. The van der Waals surface area contributed by atoms with E-state index in [0.29, 0.717) is 0 Å². The maximum atomic E-state index is 0. The molecule has 30 valence electrons. The molecule has 0 atom stereocenters. The van der Waals surface area contributed by atoms with Gasteiger partial charge in [0.25, 0.3) is 0 Å². The van der Waals surface area contributed by atoms with E-state index in [1.54, 1.807) is 0 Å². The average molecular weight is 380 g/mol. The predicted octanol–water partition coefficient (Wildman–Crippen LogP) is -2.75. The third-order valence-corrected chi connectivity index (χ3v) is 0. The maximum absolute atomic E-state index is 0. The number of hydrogen-bond donors (Lipinski definition) is 0. The first-order valence-corrected chi connectivity index (χ1v) is 0. The molecule has 0 N–H and O–H groups in total. The van der Waals surface area contributed by atoms with Crippen molar-refractivity contribution in [2.45, 2.75) is 0 Å². The van der Waals surface area contributed by atoms with Gasteiger partial charge in [0.1, 0.15) is 0 Å². The Balaban J connectivity index is 0. The summed E-state index contributed by atoms with van der Waals surface area (Å²) in [4.78, 5) is 0. The summed E-state index contributed by atoms with van der Waals surface area (Å²) in [6.07, 6.45) is 0. The van der Waals surface area contributed by atoms with Gasteiger partial charge >= 0.3 is 69.2 Å². The zero-order chi connectivity index (χ0) is 0. The van der Waals surface area contributed by atoms with Crippen LogP contribution in [0.2, 0.25) is 0 Å². The Hall–Kier alpha value is 5.25. The van der Waals surface area contributed by atoms with Crippen LogP contribution in [0.1, 0.15) is 0 Å². The Morgan fingerprint density at radius 1 is 0.667 bits per heavy atom. The third kappa shape index (κ3) is 22.8. The molecule has 0 aliphatic carbocycles. The van der Waals surface area contributed by atoms with Crippen molar-refractivity contribution < 1.29 is 89.7 Å². The second kappa shape index (κ2) is 31.8. The van der Waals surface area contributed by atoms with Crippen molar-refractivity contribution in [2.24, 2.45) is 0 Å². The number of rotatable bonds is 0. The topological polar surface area (TPSA) is 0 Å². The molecule has 0 aromatic carbocycles. The van der Waals surface area contributed by atoms with E-state index in [9.17, 15) is 0 Å². The van der Waals surface area contributed by atoms with E-state index >= 15 is 0 Å². The van der Waals surface area contributed by atoms with Crippen LogP contribution >= 0.6 is 0 Å². The summed E-state index contributed by atoms with van der Waals surface area (Å²) in [5.41, 5.74) is 0. The van der Waals surface area contributed by atoms with E-state index in [2.05, 4.69) is 0 Å². The van der Waals surface area contributed by atoms with Gasteiger partial charge in [-0.05, 0) is 0 Å². The molecule has 0 aliphatic rings. The molecule has 0 saturated heterocycles. The minimum Gasteiger partial charge on any atom is 0 e. The quantitative estimate of drug-likeness (QED) is 0.400. The van der Waals surface area contributed by atoms with E-state index in [-0.39, 0.29) is 159 Å². The van der Waals surface area contributed by atoms with Gasteiger partial charge in [-0.25, -0.2) is 0 Å². The summed E-state index contributed by atoms with van der Waals surface area (Å²) >= 11 is 0. The van der Waals surface area contributed by atoms with E-state index in [1.807, 2.05) is 0 Å². The van der Waals surface area contributed by atoms with Gasteiger partial charge in [-0.2, -0.15) is 0 Å². The van der Waals surface area contributed by atoms with Crippen LogP contribution in [0.3, 0.4) is 0 Å². The number of hydrogen-bond acceptors (Lipinski definition) is 0. The standard InChI is InChI=1S/Gd.3Mg.Mn.Y.6H. The second-order valence-electron chi connectivity index (χ2n) is 0. The molecule has 0 fully saturated rings. The van der Waals surface area contributed by atoms with Gasteiger partial charge in [0.05, 0.1) is 0 Å². The van der Waals surface area contributed by atoms with E-state index in [4.69, 9.17) is 0 Å². The van der Waals surface area contributed by atoms with E-state index in [0.717, 1.165) is 0 Å². The molecular formula is H6GdMg3MnY. The molecule has 0 bridgehead atoms. The van der Waals surface area contributed by atoms with Crippen LogP contribution in [0.25, 0.3) is 0 Å². The largest absolute Gasteiger partial charge is 0.316 e. The predicted molar refractivity (Wildman–Crippen MR) is 25.6 cm³/mol. The monoisotopic (exact) mass is 380 g/mol. The zero-order valence-corrected chi connectivity index (χ0v) is 7.60. The van der Waals surface area contributed by atoms with Crippen molar-refractivity contribution >= 4 is 69.2 Å². The fraction of sp³-hybridized carbons (Fsp3) is 0. The fourth-order valence-electron chi connectivity index (χ4n) is 0. The van der Waals surface area contributed by atoms with Crippen molar-refractivity contribution in [1.29, 1.82) is 0 Å². The molecule has 0 amide bonds. The normalized spacial score (nSPS) is 0. The molecule has 0 heterocycles. The first-order chi connectivity index (χ1) is 0. The van der Waals surface area contributed by atoms with Gasteiger partial charge in [0.15, 0.2) is 0 Å². The molecule has 0 aliphatic heterocycles. The van der Waals surface area contributed by atoms with Gasteiger partial charge in [0.2, 0.25) is 0 Å². The maximum Gasteiger partial charge on any atom is 0.316 e. The third-order valence-electron chi connectivity index (χ3n) is 0. The van der Waals surface area contributed by atoms with E-state index in [1.165, 1.54) is 0 Å². The molecule has 0 aromatic rings. The van der Waals surface area contributed by atoms with Gasteiger partial charge in [-0.1, -0.05) is 0 Å². The fourth-order valence-corrected chi connectivity index (χ4v) is 0. The van der Waals surface area contributed by atoms with Crippen LogP contribution in [0.15, 0.2) is 0 Å². The van der Waals surface area contributed by atoms with E-state index < -0.39 is 0 Å². The Labute approximate surface area is 154 Å². The molecule has 0 rings (SSSR count). The van der Waals surface area contributed by atoms with Crippen LogP contribution in [0.4, 0.5) is 0 Å². The van der Waals surface area contributed by atoms with Gasteiger partial charge in [0, 0.05) is 89.7 Å². The van der Waals surface area contributed by atoms with Crippen LogP contribution in [0, 0.1) is 39.9 Å². The van der Waals surface area contributed by atoms with Crippen molar-refractivity contribution in [3.05, 3.63) is 0 Å². The minimum absolute atomic E-state index is 0. The molecule has 0 nitrogen and oxygen atoms in total. The average Bonchev–Trinajstić information content (AvgIpc) is 0. The molecule has 6 heteroatoms. The Kier molecular flexibility index (Phi) is 228. The van der Waals surface area contributed by atoms with Crippen LogP contribution < -0.4 is 0 Å². The molecule has 0 saturated carbocycles. The Bertz CT molecular complexity index is 10.8. The summed E-state index contributed by atoms with van der Waals surface area (Å²) in [7, 11) is 0. The minimum atomic E-state index is 0. The Morgan fingerprint density at radius 2 is 0.667 bits per heavy atom. The molecule has 0 unspecified atom stereocenters. The van der Waals surface area contributed by atoms with Crippen molar-refractivity contribution in [2.75, 3.05) is 0 Å². The van der Waals surface area contributed by atoms with Crippen molar-refractivity contribution in [3.8, 4) is 0 Å². The second-order valence-corrected chi connectivity index (χ2v) is 0. The summed E-state index contributed by atoms with van der Waals surface area (Å²) in [6, 6.07) is 0. The van der Waals surface area contributed by atoms with Gasteiger partial charge in [-0.15, -0.1) is 0 Å². The van der Waals surface area contributed by atoms with Gasteiger partial charge < -0.3 is 0 Å². The van der Waals surface area contributed by atoms with Crippen LogP contribution in [0.5, 0.6) is 0 Å². The van der Waals surface area contributed by atoms with Crippen LogP contribution in [-0.4, -0.2) is 69.2 Å². The molecular weight excluding hydrogens is 374 g/mol. The summed E-state index contributed by atoms with van der Waals surface area (Å²) in [5.74, 6) is 0. The van der Waals surface area contributed by atoms with Crippen LogP contribution in [-0.2, 0) is 49.8 Å². The van der Waals surface area contributed by atoms with Crippen molar-refractivity contribution in [3.63, 3.8) is 0 Å². The molecule has 2 radical (unpaired) electrons. The SMILES string of the molecule is [Gd].[MgH2].[MgH2].[MgH2].[Mn].[Y]. The Morgan fingerprint density at radius 3 is 0.667 bits per heavy atom.